The number of aryl methyl sites for hydroxylation is 1. The van der Waals surface area contributed by atoms with Gasteiger partial charge >= 0.3 is 5.63 Å². The van der Waals surface area contributed by atoms with Crippen LogP contribution in [0.3, 0.4) is 0 Å². The Morgan fingerprint density at radius 1 is 1.16 bits per heavy atom. The van der Waals surface area contributed by atoms with Gasteiger partial charge in [0, 0.05) is 19.2 Å². The molecule has 2 heterocycles. The highest BCUT2D eigenvalue weighted by atomic mass is 32.2. The van der Waals surface area contributed by atoms with Crippen LogP contribution in [-0.2, 0) is 10.0 Å². The van der Waals surface area contributed by atoms with Crippen LogP contribution in [0.1, 0.15) is 18.6 Å². The third-order valence-corrected chi connectivity index (χ3v) is 5.94. The molecule has 3 rings (SSSR count). The molecule has 0 spiro atoms. The van der Waals surface area contributed by atoms with Crippen LogP contribution in [0.5, 0.6) is 5.75 Å². The van der Waals surface area contributed by atoms with Crippen LogP contribution in [-0.4, -0.2) is 31.9 Å². The second-order valence-corrected chi connectivity index (χ2v) is 7.84. The quantitative estimate of drug-likeness (QED) is 0.829. The number of rotatable bonds is 4. The molecular weight excluding hydrogens is 349 g/mol. The molecule has 1 saturated heterocycles. The summed E-state index contributed by atoms with van der Waals surface area (Å²) < 4.78 is 50.1. The van der Waals surface area contributed by atoms with Crippen molar-refractivity contribution in [1.82, 2.24) is 4.31 Å². The number of hydrogen-bond acceptors (Lipinski definition) is 5. The molecule has 1 aliphatic heterocycles. The zero-order chi connectivity index (χ0) is 18.0. The van der Waals surface area contributed by atoms with E-state index in [1.807, 2.05) is 0 Å². The van der Waals surface area contributed by atoms with Crippen molar-refractivity contribution in [3.8, 4) is 5.75 Å². The normalized spacial score (nSPS) is 16.7. The predicted octanol–water partition coefficient (Wildman–Crippen LogP) is 2.32. The molecule has 25 heavy (non-hydrogen) atoms. The van der Waals surface area contributed by atoms with E-state index in [0.29, 0.717) is 37.4 Å². The zero-order valence-electron chi connectivity index (χ0n) is 13.6. The maximum Gasteiger partial charge on any atom is 0.339 e. The van der Waals surface area contributed by atoms with Gasteiger partial charge in [-0.1, -0.05) is 0 Å². The highest BCUT2D eigenvalue weighted by Gasteiger charge is 2.30. The van der Waals surface area contributed by atoms with Crippen molar-refractivity contribution >= 4 is 10.0 Å². The van der Waals surface area contributed by atoms with Crippen molar-refractivity contribution in [3.05, 3.63) is 58.4 Å². The first-order chi connectivity index (χ1) is 11.8. The first kappa shape index (κ1) is 17.6. The molecule has 0 atom stereocenters. The van der Waals surface area contributed by atoms with Crippen molar-refractivity contribution in [2.45, 2.75) is 30.8 Å². The highest BCUT2D eigenvalue weighted by Crippen LogP contribution is 2.23. The van der Waals surface area contributed by atoms with E-state index in [-0.39, 0.29) is 11.0 Å². The number of hydrogen-bond donors (Lipinski definition) is 0. The van der Waals surface area contributed by atoms with Crippen molar-refractivity contribution in [1.29, 1.82) is 0 Å². The molecule has 0 amide bonds. The fourth-order valence-electron chi connectivity index (χ4n) is 2.78. The summed E-state index contributed by atoms with van der Waals surface area (Å²) in [7, 11) is -3.64. The lowest BCUT2D eigenvalue weighted by Crippen LogP contribution is -2.41. The predicted molar refractivity (Wildman–Crippen MR) is 88.5 cm³/mol. The van der Waals surface area contributed by atoms with E-state index in [1.165, 1.54) is 22.5 Å². The van der Waals surface area contributed by atoms with Crippen molar-refractivity contribution in [2.24, 2.45) is 0 Å². The molecule has 2 aromatic rings. The van der Waals surface area contributed by atoms with E-state index in [1.54, 1.807) is 13.0 Å². The first-order valence-electron chi connectivity index (χ1n) is 7.89. The van der Waals surface area contributed by atoms with Crippen LogP contribution in [0, 0.1) is 12.7 Å². The molecule has 8 heteroatoms. The lowest BCUT2D eigenvalue weighted by molar-refractivity contribution is 0.134. The van der Waals surface area contributed by atoms with Crippen LogP contribution in [0.4, 0.5) is 4.39 Å². The SMILES string of the molecule is Cc1cc(OC2CCN(S(=O)(=O)c3ccc(F)cc3)CC2)cc(=O)o1. The van der Waals surface area contributed by atoms with Crippen molar-refractivity contribution < 1.29 is 22.0 Å². The van der Waals surface area contributed by atoms with Gasteiger partial charge in [-0.25, -0.2) is 17.6 Å². The van der Waals surface area contributed by atoms with E-state index in [9.17, 15) is 17.6 Å². The van der Waals surface area contributed by atoms with Gasteiger partial charge in [0.25, 0.3) is 0 Å². The van der Waals surface area contributed by atoms with Gasteiger partial charge in [0.15, 0.2) is 0 Å². The molecule has 1 fully saturated rings. The minimum absolute atomic E-state index is 0.0737. The minimum Gasteiger partial charge on any atom is -0.490 e. The smallest absolute Gasteiger partial charge is 0.339 e. The molecule has 0 bridgehead atoms. The Kier molecular flexibility index (Phi) is 4.91. The Bertz CT molecular complexity index is 899. The Hall–Kier alpha value is -2.19. The summed E-state index contributed by atoms with van der Waals surface area (Å²) in [4.78, 5) is 11.4. The molecule has 0 saturated carbocycles. The summed E-state index contributed by atoms with van der Waals surface area (Å²) in [5, 5.41) is 0. The fourth-order valence-corrected chi connectivity index (χ4v) is 4.25. The molecule has 0 radical (unpaired) electrons. The van der Waals surface area contributed by atoms with Crippen LogP contribution >= 0.6 is 0 Å². The number of piperidine rings is 1. The van der Waals surface area contributed by atoms with E-state index in [2.05, 4.69) is 0 Å². The zero-order valence-corrected chi connectivity index (χ0v) is 14.5. The number of benzene rings is 1. The number of ether oxygens (including phenoxy) is 1. The van der Waals surface area contributed by atoms with Gasteiger partial charge in [-0.2, -0.15) is 4.31 Å². The number of halogens is 1. The summed E-state index contributed by atoms with van der Waals surface area (Å²) in [6.07, 6.45) is 0.820. The minimum atomic E-state index is -3.64. The van der Waals surface area contributed by atoms with Crippen LogP contribution in [0.15, 0.2) is 50.5 Å². The molecule has 0 aliphatic carbocycles. The first-order valence-corrected chi connectivity index (χ1v) is 9.33. The third-order valence-electron chi connectivity index (χ3n) is 4.02. The van der Waals surface area contributed by atoms with Gasteiger partial charge in [0.2, 0.25) is 10.0 Å². The Morgan fingerprint density at radius 3 is 2.40 bits per heavy atom. The topological polar surface area (TPSA) is 76.8 Å². The van der Waals surface area contributed by atoms with E-state index < -0.39 is 21.5 Å². The van der Waals surface area contributed by atoms with Gasteiger partial charge in [-0.3, -0.25) is 0 Å². The number of nitrogens with zero attached hydrogens (tertiary/aromatic N) is 1. The molecule has 1 aromatic heterocycles. The summed E-state index contributed by atoms with van der Waals surface area (Å²) in [6, 6.07) is 7.69. The molecule has 1 aromatic carbocycles. The van der Waals surface area contributed by atoms with Gasteiger partial charge < -0.3 is 9.15 Å². The molecule has 6 nitrogen and oxygen atoms in total. The summed E-state index contributed by atoms with van der Waals surface area (Å²) >= 11 is 0. The third kappa shape index (κ3) is 4.08. The van der Waals surface area contributed by atoms with Crippen LogP contribution in [0.2, 0.25) is 0 Å². The standard InChI is InChI=1S/C17H18FNO5S/c1-12-10-15(11-17(20)23-12)24-14-6-8-19(9-7-14)25(21,22)16-4-2-13(18)3-5-16/h2-5,10-11,14H,6-9H2,1H3. The van der Waals surface area contributed by atoms with Gasteiger partial charge in [0.05, 0.1) is 11.0 Å². The van der Waals surface area contributed by atoms with Gasteiger partial charge in [-0.15, -0.1) is 0 Å². The largest absolute Gasteiger partial charge is 0.490 e. The van der Waals surface area contributed by atoms with E-state index in [4.69, 9.17) is 9.15 Å². The molecule has 0 unspecified atom stereocenters. The number of sulfonamides is 1. The summed E-state index contributed by atoms with van der Waals surface area (Å²) in [6.45, 7) is 2.25. The van der Waals surface area contributed by atoms with E-state index in [0.717, 1.165) is 12.1 Å². The second-order valence-electron chi connectivity index (χ2n) is 5.90. The van der Waals surface area contributed by atoms with Crippen LogP contribution < -0.4 is 10.4 Å². The molecule has 134 valence electrons. The maximum atomic E-state index is 13.0. The highest BCUT2D eigenvalue weighted by molar-refractivity contribution is 7.89. The second kappa shape index (κ2) is 6.97. The van der Waals surface area contributed by atoms with Gasteiger partial charge in [0.1, 0.15) is 23.4 Å². The van der Waals surface area contributed by atoms with Gasteiger partial charge in [-0.05, 0) is 44.0 Å². The van der Waals surface area contributed by atoms with Crippen molar-refractivity contribution in [3.63, 3.8) is 0 Å². The monoisotopic (exact) mass is 367 g/mol. The Labute approximate surface area is 144 Å². The van der Waals surface area contributed by atoms with E-state index >= 15 is 0 Å². The fraction of sp³-hybridized carbons (Fsp3) is 0.353. The average molecular weight is 367 g/mol. The van der Waals surface area contributed by atoms with Crippen molar-refractivity contribution in [2.75, 3.05) is 13.1 Å². The lowest BCUT2D eigenvalue weighted by atomic mass is 10.1. The average Bonchev–Trinajstić information content (AvgIpc) is 2.55. The molecule has 1 aliphatic rings. The van der Waals surface area contributed by atoms with Crippen LogP contribution in [0.25, 0.3) is 0 Å². The maximum absolute atomic E-state index is 13.0. The lowest BCUT2D eigenvalue weighted by Gasteiger charge is -2.31. The summed E-state index contributed by atoms with van der Waals surface area (Å²) in [5.74, 6) is 0.404. The Morgan fingerprint density at radius 2 is 1.80 bits per heavy atom. The molecule has 0 N–H and O–H groups in total. The summed E-state index contributed by atoms with van der Waals surface area (Å²) in [5.41, 5.74) is -0.480. The molecular formula is C17H18FNO5S. The Balaban J connectivity index is 1.65.